The van der Waals surface area contributed by atoms with Crippen molar-refractivity contribution in [3.05, 3.63) is 69.0 Å². The minimum atomic E-state index is -0.528. The van der Waals surface area contributed by atoms with Crippen LogP contribution in [0.5, 0.6) is 11.5 Å². The molecule has 10 aliphatic rings. The van der Waals surface area contributed by atoms with Crippen molar-refractivity contribution in [3.8, 4) is 11.5 Å². The first kappa shape index (κ1) is 76.1. The fraction of sp³-hybridized carbons (Fsp3) is 0.623. The maximum atomic E-state index is 14.3. The second-order valence-electron chi connectivity index (χ2n) is 23.1. The molecule has 4 amide bonds. The summed E-state index contributed by atoms with van der Waals surface area (Å²) in [5.74, 6) is -1.80. The molecule has 89 heavy (non-hydrogen) atoms. The van der Waals surface area contributed by atoms with Gasteiger partial charge < -0.3 is 51.2 Å². The average Bonchev–Trinajstić information content (AvgIpc) is 3.26. The van der Waals surface area contributed by atoms with E-state index in [1.165, 1.54) is 164 Å². The first-order valence-electron chi connectivity index (χ1n) is 31.3. The molecule has 28 heteroatoms. The van der Waals surface area contributed by atoms with E-state index >= 15 is 0 Å². The molecule has 8 fully saturated rings. The molecule has 2 aromatic carbocycles. The number of hydrazine groups is 2. The Morgan fingerprint density at radius 2 is 1.04 bits per heavy atom. The van der Waals surface area contributed by atoms with E-state index in [1.807, 2.05) is 10.0 Å². The number of rotatable bonds is 7. The van der Waals surface area contributed by atoms with Gasteiger partial charge in [-0.2, -0.15) is 9.98 Å². The van der Waals surface area contributed by atoms with Crippen LogP contribution < -0.4 is 129 Å². The molecule has 2 aromatic rings. The largest absolute Gasteiger partial charge is 1.00 e. The Morgan fingerprint density at radius 1 is 0.596 bits per heavy atom. The molecule has 10 heterocycles. The smallest absolute Gasteiger partial charge is 1.00 e. The zero-order valence-corrected chi connectivity index (χ0v) is 60.5. The van der Waals surface area contributed by atoms with Crippen LogP contribution in [0.2, 0.25) is 0 Å². The van der Waals surface area contributed by atoms with Crippen molar-refractivity contribution in [2.45, 2.75) is 140 Å². The van der Waals surface area contributed by atoms with Crippen LogP contribution in [0.15, 0.2) is 56.2 Å². The van der Waals surface area contributed by atoms with Crippen LogP contribution in [0, 0.1) is 11.6 Å². The molecule has 4 N–H and O–H groups in total. The Balaban J connectivity index is 0.000000228. The summed E-state index contributed by atoms with van der Waals surface area (Å²) in [7, 11) is 0. The number of thioether (sulfide) groups is 2. The predicted molar refractivity (Wildman–Crippen MR) is 335 cm³/mol. The number of carbonyl (C=O) groups excluding carboxylic acids is 5. The van der Waals surface area contributed by atoms with Crippen molar-refractivity contribution in [1.29, 1.82) is 0 Å². The van der Waals surface area contributed by atoms with E-state index in [0.29, 0.717) is 56.4 Å². The Bertz CT molecular complexity index is 2710. The van der Waals surface area contributed by atoms with Gasteiger partial charge in [-0.25, -0.2) is 24.4 Å². The first-order chi connectivity index (χ1) is 42.3. The van der Waals surface area contributed by atoms with E-state index in [1.54, 1.807) is 21.9 Å². The summed E-state index contributed by atoms with van der Waals surface area (Å²) in [4.78, 5) is 79.6. The van der Waals surface area contributed by atoms with Crippen LogP contribution >= 0.6 is 35.1 Å². The molecule has 21 nitrogen and oxygen atoms in total. The number of amidine groups is 2. The van der Waals surface area contributed by atoms with Gasteiger partial charge in [0.2, 0.25) is 0 Å². The van der Waals surface area contributed by atoms with E-state index in [0.717, 1.165) is 116 Å². The van der Waals surface area contributed by atoms with Crippen LogP contribution in [0.3, 0.4) is 0 Å². The SMILES string of the molecule is C1CCN(C2CCNCC2)CC1.O=C(Cl)N1CCC(N2CCCCC2)CC1.O=C1N=C(N2CCCCN2)S/C1=C/c1cc(F)cc(OC(=O)N2CCC(N3CCCCC3)CC2)c1.O=C1N=C(N2CCCCN2)S/C1=C\c1ccc(F)cc1O.O=CO[O-].[H-].[K+].[K+]. The van der Waals surface area contributed by atoms with Crippen LogP contribution in [-0.2, 0) is 19.3 Å². The Labute approximate surface area is 622 Å². The van der Waals surface area contributed by atoms with Crippen molar-refractivity contribution in [3.63, 3.8) is 0 Å². The molecule has 0 saturated carbocycles. The number of aromatic hydroxyl groups is 1. The zero-order chi connectivity index (χ0) is 61.3. The van der Waals surface area contributed by atoms with Crippen molar-refractivity contribution in [2.75, 3.05) is 105 Å². The van der Waals surface area contributed by atoms with Gasteiger partial charge in [0.1, 0.15) is 23.1 Å². The van der Waals surface area contributed by atoms with E-state index in [4.69, 9.17) is 26.4 Å². The van der Waals surface area contributed by atoms with Crippen molar-refractivity contribution in [1.82, 2.24) is 50.7 Å². The molecular weight excluding hydrogens is 1260 g/mol. The maximum absolute atomic E-state index is 14.3. The molecule has 10 aliphatic heterocycles. The Kier molecular flexibility index (Phi) is 35.1. The number of benzene rings is 2. The fourth-order valence-electron chi connectivity index (χ4n) is 12.4. The molecular formula is C61H87ClF2K2N12O9S2. The number of aliphatic imine (C=N–C) groups is 2. The number of phenolic OH excluding ortho intramolecular Hbond substituents is 1. The van der Waals surface area contributed by atoms with Gasteiger partial charge >= 0.3 is 114 Å². The van der Waals surface area contributed by atoms with Gasteiger partial charge in [-0.05, 0) is 232 Å². The van der Waals surface area contributed by atoms with E-state index in [2.05, 4.69) is 45.7 Å². The monoisotopic (exact) mass is 1350 g/mol. The molecule has 0 aromatic heterocycles. The minimum absolute atomic E-state index is 0. The number of hydrogen-bond donors (Lipinski definition) is 4. The number of piperidine rings is 6. The number of ether oxygens (including phenoxy) is 1. The molecule has 480 valence electrons. The summed E-state index contributed by atoms with van der Waals surface area (Å²) < 4.78 is 32.8. The number of likely N-dealkylation sites (tertiary alicyclic amines) is 5. The molecule has 8 saturated heterocycles. The third-order valence-corrected chi connectivity index (χ3v) is 19.3. The molecule has 0 spiro atoms. The van der Waals surface area contributed by atoms with Crippen molar-refractivity contribution in [2.24, 2.45) is 9.98 Å². The minimum Gasteiger partial charge on any atom is -1.00 e. The Hall–Kier alpha value is -1.95. The second-order valence-corrected chi connectivity index (χ2v) is 25.4. The molecule has 0 aliphatic carbocycles. The normalized spacial score (nSPS) is 22.7. The number of nitrogens with zero attached hydrogens (tertiary/aromatic N) is 9. The molecule has 0 bridgehead atoms. The van der Waals surface area contributed by atoms with Gasteiger partial charge in [0.05, 0.1) is 9.81 Å². The van der Waals surface area contributed by atoms with Crippen LogP contribution in [0.25, 0.3) is 12.2 Å². The first-order valence-corrected chi connectivity index (χ1v) is 33.3. The van der Waals surface area contributed by atoms with E-state index < -0.39 is 17.7 Å². The summed E-state index contributed by atoms with van der Waals surface area (Å²) in [5.41, 5.74) is 7.28. The Morgan fingerprint density at radius 3 is 1.48 bits per heavy atom. The zero-order valence-electron chi connectivity index (χ0n) is 52.9. The van der Waals surface area contributed by atoms with Crippen molar-refractivity contribution < 1.29 is 157 Å². The molecule has 0 atom stereocenters. The summed E-state index contributed by atoms with van der Waals surface area (Å²) in [5, 5.41) is 26.2. The average molecular weight is 1350 g/mol. The summed E-state index contributed by atoms with van der Waals surface area (Å²) in [6, 6.07) is 9.92. The van der Waals surface area contributed by atoms with Gasteiger partial charge in [0, 0.05) is 88.2 Å². The van der Waals surface area contributed by atoms with Gasteiger partial charge in [-0.15, -0.1) is 0 Å². The molecule has 0 radical (unpaired) electrons. The van der Waals surface area contributed by atoms with Crippen LogP contribution in [0.1, 0.15) is 135 Å². The molecule has 12 rings (SSSR count). The third kappa shape index (κ3) is 25.0. The fourth-order valence-corrected chi connectivity index (χ4v) is 14.4. The quantitative estimate of drug-likeness (QED) is 0.0591. The topological polar surface area (TPSA) is 231 Å². The number of hydrogen-bond acceptors (Lipinski definition) is 19. The number of amides is 4. The standard InChI is InChI=1S/C25H32FN5O3S.C14H14FN3O2S.C11H19ClN2O.C10H20N2.CH2O3.2K.H/c26-19-14-18(16-22-23(32)28-24(35-22)31-11-5-2-8-27-31)15-21(17-19)34-25(33)30-12-6-20(7-13-30)29-9-3-1-4-10-29;15-10-4-3-9(11(19)8-10)7-12-13(20)17-14(21-12)18-6-2-1-5-16-18;12-11(15)14-8-4-10(5-9-14)13-6-2-1-3-7-13;1-2-8-12(9-3-1)10-4-6-11-7-5-10;2-1-4-3;;;/h14-17,20,27H,1-13H2;3-4,7-8,16,19H,1-2,5-6H2;10H,1-9H2;10-11H,1-9H2;1,3H;;;/q;;;;;2*+1;-1/p-1/b22-16+;12-7-;;;;;;. The number of carbonyl (C=O) groups is 5. The third-order valence-electron chi connectivity index (χ3n) is 17.1. The summed E-state index contributed by atoms with van der Waals surface area (Å²) in [6.45, 7) is 16.1. The van der Waals surface area contributed by atoms with E-state index in [-0.39, 0.29) is 139 Å². The van der Waals surface area contributed by atoms with Gasteiger partial charge in [0.15, 0.2) is 10.3 Å². The van der Waals surface area contributed by atoms with Gasteiger partial charge in [-0.3, -0.25) is 29.2 Å². The number of phenols is 1. The van der Waals surface area contributed by atoms with Gasteiger partial charge in [-0.1, -0.05) is 19.3 Å². The predicted octanol–water partition coefficient (Wildman–Crippen LogP) is 2.02. The van der Waals surface area contributed by atoms with Crippen molar-refractivity contribution >= 4 is 87.4 Å². The van der Waals surface area contributed by atoms with Gasteiger partial charge in [0.25, 0.3) is 18.3 Å². The number of halogens is 3. The summed E-state index contributed by atoms with van der Waals surface area (Å²) >= 11 is 7.98. The molecule has 0 unspecified atom stereocenters. The van der Waals surface area contributed by atoms with Crippen LogP contribution in [-0.4, -0.2) is 203 Å². The summed E-state index contributed by atoms with van der Waals surface area (Å²) in [6.07, 6.45) is 26.0. The second kappa shape index (κ2) is 41.1. The van der Waals surface area contributed by atoms with E-state index in [9.17, 15) is 33.1 Å². The maximum Gasteiger partial charge on any atom is 1.00 e. The number of nitrogens with one attached hydrogen (secondary N) is 3. The van der Waals surface area contributed by atoms with Crippen LogP contribution in [0.4, 0.5) is 18.4 Å².